The Labute approximate surface area is 122 Å². The molecule has 1 heterocycles. The molecule has 3 rings (SSSR count). The van der Waals surface area contributed by atoms with Crippen molar-refractivity contribution in [2.24, 2.45) is 0 Å². The molecule has 3 aromatic rings. The zero-order valence-electron chi connectivity index (χ0n) is 11.8. The number of hydrogen-bond donors (Lipinski definition) is 1. The van der Waals surface area contributed by atoms with Crippen LogP contribution in [0.15, 0.2) is 47.0 Å². The third-order valence-corrected chi connectivity index (χ3v) is 3.30. The van der Waals surface area contributed by atoms with Gasteiger partial charge in [-0.1, -0.05) is 17.3 Å². The van der Waals surface area contributed by atoms with E-state index in [9.17, 15) is 0 Å². The molecule has 0 aliphatic heterocycles. The van der Waals surface area contributed by atoms with Gasteiger partial charge in [-0.15, -0.1) is 0 Å². The maximum Gasteiger partial charge on any atom is 0.258 e. The number of methoxy groups -OCH3 is 1. The van der Waals surface area contributed by atoms with E-state index < -0.39 is 0 Å². The highest BCUT2D eigenvalue weighted by molar-refractivity contribution is 5.65. The molecule has 5 nitrogen and oxygen atoms in total. The molecule has 0 bridgehead atoms. The summed E-state index contributed by atoms with van der Waals surface area (Å²) in [7, 11) is 1.63. The summed E-state index contributed by atoms with van der Waals surface area (Å²) < 4.78 is 10.4. The fourth-order valence-corrected chi connectivity index (χ4v) is 1.97. The lowest BCUT2D eigenvalue weighted by Gasteiger charge is -2.00. The zero-order valence-corrected chi connectivity index (χ0v) is 11.8. The van der Waals surface area contributed by atoms with Gasteiger partial charge in [0.15, 0.2) is 0 Å². The summed E-state index contributed by atoms with van der Waals surface area (Å²) in [4.78, 5) is 4.40. The molecule has 0 radical (unpaired) electrons. The van der Waals surface area contributed by atoms with E-state index in [1.807, 2.05) is 49.4 Å². The molecule has 106 valence electrons. The molecule has 0 amide bonds. The molecule has 1 aromatic heterocycles. The smallest absolute Gasteiger partial charge is 0.258 e. The summed E-state index contributed by atoms with van der Waals surface area (Å²) >= 11 is 0. The van der Waals surface area contributed by atoms with Gasteiger partial charge in [0, 0.05) is 16.8 Å². The Bertz CT molecular complexity index is 763. The monoisotopic (exact) mass is 281 g/mol. The van der Waals surface area contributed by atoms with E-state index in [4.69, 9.17) is 15.0 Å². The first-order chi connectivity index (χ1) is 10.2. The maximum absolute atomic E-state index is 5.91. The lowest BCUT2D eigenvalue weighted by molar-refractivity contribution is 0.414. The molecule has 21 heavy (non-hydrogen) atoms. The van der Waals surface area contributed by atoms with Crippen LogP contribution in [0.2, 0.25) is 0 Å². The van der Waals surface area contributed by atoms with Crippen molar-refractivity contribution in [3.63, 3.8) is 0 Å². The predicted molar refractivity (Wildman–Crippen MR) is 80.9 cm³/mol. The molecule has 5 heteroatoms. The van der Waals surface area contributed by atoms with E-state index in [0.717, 1.165) is 22.4 Å². The predicted octanol–water partition coefficient (Wildman–Crippen LogP) is 3.30. The van der Waals surface area contributed by atoms with Gasteiger partial charge >= 0.3 is 0 Å². The fraction of sp³-hybridized carbons (Fsp3) is 0.125. The summed E-state index contributed by atoms with van der Waals surface area (Å²) in [6.07, 6.45) is 0. The molecular weight excluding hydrogens is 266 g/mol. The molecule has 2 N–H and O–H groups in total. The van der Waals surface area contributed by atoms with Crippen molar-refractivity contribution < 1.29 is 9.26 Å². The third-order valence-electron chi connectivity index (χ3n) is 3.30. The second-order valence-corrected chi connectivity index (χ2v) is 4.72. The van der Waals surface area contributed by atoms with E-state index in [0.29, 0.717) is 17.4 Å². The van der Waals surface area contributed by atoms with Crippen LogP contribution in [-0.4, -0.2) is 17.3 Å². The number of hydrogen-bond acceptors (Lipinski definition) is 5. The first-order valence-corrected chi connectivity index (χ1v) is 6.52. The molecule has 0 unspecified atom stereocenters. The van der Waals surface area contributed by atoms with Crippen molar-refractivity contribution in [2.45, 2.75) is 6.92 Å². The van der Waals surface area contributed by atoms with Gasteiger partial charge in [-0.05, 0) is 42.8 Å². The standard InChI is InChI=1S/C16H15N3O2/c1-10-3-4-12(9-14(10)17)15-18-16(21-19-15)11-5-7-13(20-2)8-6-11/h3-9H,17H2,1-2H3. The molecule has 0 fully saturated rings. The second kappa shape index (κ2) is 5.28. The van der Waals surface area contributed by atoms with Gasteiger partial charge in [0.2, 0.25) is 5.82 Å². The number of nitrogen functional groups attached to an aromatic ring is 1. The zero-order chi connectivity index (χ0) is 14.8. The molecule has 2 aromatic carbocycles. The Morgan fingerprint density at radius 1 is 1.05 bits per heavy atom. The maximum atomic E-state index is 5.91. The number of nitrogens with two attached hydrogens (primary N) is 1. The van der Waals surface area contributed by atoms with E-state index in [-0.39, 0.29) is 0 Å². The average molecular weight is 281 g/mol. The van der Waals surface area contributed by atoms with Gasteiger partial charge in [0.25, 0.3) is 5.89 Å². The van der Waals surface area contributed by atoms with E-state index in [1.54, 1.807) is 7.11 Å². The Kier molecular flexibility index (Phi) is 3.31. The molecule has 0 saturated heterocycles. The van der Waals surface area contributed by atoms with Gasteiger partial charge in [0.05, 0.1) is 7.11 Å². The summed E-state index contributed by atoms with van der Waals surface area (Å²) in [6.45, 7) is 1.96. The van der Waals surface area contributed by atoms with E-state index in [1.165, 1.54) is 0 Å². The number of anilines is 1. The Hall–Kier alpha value is -2.82. The van der Waals surface area contributed by atoms with Crippen LogP contribution in [0, 0.1) is 6.92 Å². The van der Waals surface area contributed by atoms with Gasteiger partial charge in [0.1, 0.15) is 5.75 Å². The minimum absolute atomic E-state index is 0.465. The SMILES string of the molecule is COc1ccc(-c2nc(-c3ccc(C)c(N)c3)no2)cc1. The molecule has 0 spiro atoms. The first-order valence-electron chi connectivity index (χ1n) is 6.52. The van der Waals surface area contributed by atoms with Crippen molar-refractivity contribution in [1.29, 1.82) is 0 Å². The van der Waals surface area contributed by atoms with Crippen molar-refractivity contribution in [1.82, 2.24) is 10.1 Å². The number of ether oxygens (including phenoxy) is 1. The molecular formula is C16H15N3O2. The van der Waals surface area contributed by atoms with E-state index in [2.05, 4.69) is 10.1 Å². The van der Waals surface area contributed by atoms with Gasteiger partial charge in [-0.3, -0.25) is 0 Å². The van der Waals surface area contributed by atoms with Crippen molar-refractivity contribution in [3.8, 4) is 28.6 Å². The first kappa shape index (κ1) is 13.2. The quantitative estimate of drug-likeness (QED) is 0.745. The van der Waals surface area contributed by atoms with Crippen molar-refractivity contribution in [2.75, 3.05) is 12.8 Å². The summed E-state index contributed by atoms with van der Waals surface area (Å²) in [5.74, 6) is 1.77. The lowest BCUT2D eigenvalue weighted by Crippen LogP contribution is -1.90. The highest BCUT2D eigenvalue weighted by atomic mass is 16.5. The van der Waals surface area contributed by atoms with Gasteiger partial charge < -0.3 is 15.0 Å². The summed E-state index contributed by atoms with van der Waals surface area (Å²) in [5, 5.41) is 4.00. The highest BCUT2D eigenvalue weighted by Crippen LogP contribution is 2.25. The molecule has 0 atom stereocenters. The summed E-state index contributed by atoms with van der Waals surface area (Å²) in [6, 6.07) is 13.2. The largest absolute Gasteiger partial charge is 0.497 e. The van der Waals surface area contributed by atoms with Gasteiger partial charge in [-0.25, -0.2) is 0 Å². The van der Waals surface area contributed by atoms with Crippen LogP contribution in [0.4, 0.5) is 5.69 Å². The Morgan fingerprint density at radius 3 is 2.43 bits per heavy atom. The Morgan fingerprint density at radius 2 is 1.76 bits per heavy atom. The van der Waals surface area contributed by atoms with Crippen LogP contribution in [0.25, 0.3) is 22.8 Å². The lowest BCUT2D eigenvalue weighted by atomic mass is 10.1. The molecule has 0 aliphatic rings. The fourth-order valence-electron chi connectivity index (χ4n) is 1.97. The number of benzene rings is 2. The summed E-state index contributed by atoms with van der Waals surface area (Å²) in [5.41, 5.74) is 9.32. The topological polar surface area (TPSA) is 74.2 Å². The number of rotatable bonds is 3. The van der Waals surface area contributed by atoms with Crippen LogP contribution < -0.4 is 10.5 Å². The van der Waals surface area contributed by atoms with Crippen molar-refractivity contribution >= 4 is 5.69 Å². The van der Waals surface area contributed by atoms with Crippen LogP contribution in [-0.2, 0) is 0 Å². The van der Waals surface area contributed by atoms with Gasteiger partial charge in [-0.2, -0.15) is 4.98 Å². The van der Waals surface area contributed by atoms with Crippen LogP contribution in [0.5, 0.6) is 5.75 Å². The minimum Gasteiger partial charge on any atom is -0.497 e. The van der Waals surface area contributed by atoms with Crippen LogP contribution >= 0.6 is 0 Å². The number of aryl methyl sites for hydroxylation is 1. The normalized spacial score (nSPS) is 10.6. The highest BCUT2D eigenvalue weighted by Gasteiger charge is 2.11. The van der Waals surface area contributed by atoms with Crippen LogP contribution in [0.3, 0.4) is 0 Å². The second-order valence-electron chi connectivity index (χ2n) is 4.72. The number of nitrogens with zero attached hydrogens (tertiary/aromatic N) is 2. The van der Waals surface area contributed by atoms with E-state index >= 15 is 0 Å². The minimum atomic E-state index is 0.465. The average Bonchev–Trinajstić information content (AvgIpc) is 3.00. The van der Waals surface area contributed by atoms with Crippen molar-refractivity contribution in [3.05, 3.63) is 48.0 Å². The Balaban J connectivity index is 1.93. The van der Waals surface area contributed by atoms with Crippen LogP contribution in [0.1, 0.15) is 5.56 Å². The third kappa shape index (κ3) is 2.58. The molecule has 0 aliphatic carbocycles. The number of aromatic nitrogens is 2. The molecule has 0 saturated carbocycles.